The Morgan fingerprint density at radius 2 is 1.36 bits per heavy atom. The molecular weight excluding hydrogens is 622 g/mol. The number of nitrogens with zero attached hydrogens (tertiary/aromatic N) is 3. The number of carbonyl (C=O) groups excluding carboxylic acids is 4. The molecular formula is C35H24BrN3O5. The van der Waals surface area contributed by atoms with Gasteiger partial charge >= 0.3 is 0 Å². The average Bonchev–Trinajstić information content (AvgIpc) is 3.57. The minimum absolute atomic E-state index is 0.0411. The van der Waals surface area contributed by atoms with Gasteiger partial charge in [-0.15, -0.1) is 0 Å². The van der Waals surface area contributed by atoms with Crippen molar-refractivity contribution in [3.63, 3.8) is 0 Å². The number of carbonyl (C=O) groups is 4. The maximum Gasteiger partial charge on any atom is 0.265 e. The fourth-order valence-corrected chi connectivity index (χ4v) is 7.55. The van der Waals surface area contributed by atoms with Crippen LogP contribution in [0.3, 0.4) is 0 Å². The molecule has 3 aliphatic rings. The first-order chi connectivity index (χ1) is 21.2. The lowest BCUT2D eigenvalue weighted by molar-refractivity contribution is 0.0840. The first-order valence-electron chi connectivity index (χ1n) is 14.6. The number of ketones is 2. The summed E-state index contributed by atoms with van der Waals surface area (Å²) in [6.45, 7) is 0. The van der Waals surface area contributed by atoms with E-state index in [0.717, 1.165) is 18.4 Å². The number of aromatic nitrogens is 2. The number of fused-ring (bicyclic) bond motifs is 1. The fourth-order valence-electron chi connectivity index (χ4n) is 7.19. The normalized spacial score (nSPS) is 17.0. The summed E-state index contributed by atoms with van der Waals surface area (Å²) in [5, 5.41) is 0.959. The Balaban J connectivity index is 1.26. The van der Waals surface area contributed by atoms with Crippen LogP contribution in [-0.2, 0) is 7.05 Å². The molecule has 2 amide bonds. The monoisotopic (exact) mass is 645 g/mol. The number of hydrogen-bond acceptors (Lipinski definition) is 6. The van der Waals surface area contributed by atoms with Crippen LogP contribution in [-0.4, -0.2) is 32.9 Å². The van der Waals surface area contributed by atoms with Gasteiger partial charge in [0.1, 0.15) is 11.7 Å². The molecule has 216 valence electrons. The average molecular weight is 646 g/mol. The lowest BCUT2D eigenvalue weighted by atomic mass is 9.76. The topological polar surface area (TPSA) is 106 Å². The van der Waals surface area contributed by atoms with Crippen LogP contribution >= 0.6 is 15.9 Å². The second-order valence-corrected chi connectivity index (χ2v) is 12.7. The second kappa shape index (κ2) is 9.62. The zero-order chi connectivity index (χ0) is 30.4. The van der Waals surface area contributed by atoms with Crippen molar-refractivity contribution in [3.8, 4) is 0 Å². The molecule has 4 aromatic carbocycles. The van der Waals surface area contributed by atoms with Gasteiger partial charge in [0.15, 0.2) is 11.6 Å². The van der Waals surface area contributed by atoms with Crippen molar-refractivity contribution in [3.05, 3.63) is 115 Å². The molecule has 0 unspecified atom stereocenters. The second-order valence-electron chi connectivity index (χ2n) is 11.8. The summed E-state index contributed by atoms with van der Waals surface area (Å²) in [4.78, 5) is 75.0. The number of imide groups is 1. The molecule has 5 aromatic rings. The van der Waals surface area contributed by atoms with Crippen molar-refractivity contribution < 1.29 is 19.2 Å². The number of anilines is 1. The molecule has 2 aliphatic carbocycles. The van der Waals surface area contributed by atoms with Crippen molar-refractivity contribution in [1.82, 2.24) is 9.55 Å². The summed E-state index contributed by atoms with van der Waals surface area (Å²) in [6.07, 6.45) is 4.51. The molecule has 0 saturated heterocycles. The molecule has 1 aromatic heterocycles. The number of hydrogen-bond donors (Lipinski definition) is 0. The zero-order valence-corrected chi connectivity index (χ0v) is 25.2. The van der Waals surface area contributed by atoms with E-state index in [1.54, 1.807) is 48.5 Å². The summed E-state index contributed by atoms with van der Waals surface area (Å²) in [7, 11) is 1.49. The lowest BCUT2D eigenvalue weighted by Crippen LogP contribution is -2.41. The number of Topliss-reactive ketones (excluding diaryl/α,β-unsaturated/α-hetero) is 2. The summed E-state index contributed by atoms with van der Waals surface area (Å²) in [6, 6.07) is 18.9. The van der Waals surface area contributed by atoms with E-state index in [4.69, 9.17) is 0 Å². The first kappa shape index (κ1) is 26.8. The van der Waals surface area contributed by atoms with E-state index in [1.807, 2.05) is 18.2 Å². The maximum absolute atomic E-state index is 14.0. The van der Waals surface area contributed by atoms with Crippen LogP contribution < -0.4 is 10.5 Å². The molecule has 0 bridgehead atoms. The predicted octanol–water partition coefficient (Wildman–Crippen LogP) is 6.47. The summed E-state index contributed by atoms with van der Waals surface area (Å²) >= 11 is 3.37. The fraction of sp³-hybridized carbons (Fsp3) is 0.200. The molecule has 8 rings (SSSR count). The molecule has 0 spiro atoms. The van der Waals surface area contributed by atoms with Crippen LogP contribution in [0, 0.1) is 0 Å². The molecule has 2 heterocycles. The van der Waals surface area contributed by atoms with E-state index in [1.165, 1.54) is 29.4 Å². The first-order valence-corrected chi connectivity index (χ1v) is 15.4. The van der Waals surface area contributed by atoms with Gasteiger partial charge in [-0.3, -0.25) is 28.5 Å². The third-order valence-electron chi connectivity index (χ3n) is 9.37. The Morgan fingerprint density at radius 3 is 2.02 bits per heavy atom. The molecule has 44 heavy (non-hydrogen) atoms. The van der Waals surface area contributed by atoms with E-state index in [0.29, 0.717) is 37.8 Å². The van der Waals surface area contributed by atoms with Crippen molar-refractivity contribution in [2.24, 2.45) is 7.05 Å². The van der Waals surface area contributed by atoms with Gasteiger partial charge < -0.3 is 0 Å². The molecule has 1 aliphatic heterocycles. The molecule has 9 heteroatoms. The standard InChI is InChI=1S/C35H24BrN3O5/c1-38-32(37-26-14-9-19(36)16-25(26)33(38)42)29-30(40)21-10-12-23-28-24(13-11-22(27(21)28)31(29)41)35(44)39(34(23)43)20-8-4-7-18(15-20)17-5-2-3-6-17/h4,7-17,29H,2-3,5-6H2,1H3. The molecule has 0 radical (unpaired) electrons. The minimum Gasteiger partial charge on any atom is -0.298 e. The van der Waals surface area contributed by atoms with Gasteiger partial charge in [-0.05, 0) is 78.9 Å². The highest BCUT2D eigenvalue weighted by Gasteiger charge is 2.43. The molecule has 8 nitrogen and oxygen atoms in total. The Labute approximate surface area is 259 Å². The SMILES string of the molecule is Cn1c(C2C(=O)c3ccc4c5c(ccc(c35)C2=O)C(=O)N(c2cccc(C3CCCC3)c2)C4=O)nc2ccc(Br)cc2c1=O. The van der Waals surface area contributed by atoms with Gasteiger partial charge in [0, 0.05) is 44.5 Å². The summed E-state index contributed by atoms with van der Waals surface area (Å²) in [5.74, 6) is -2.96. The summed E-state index contributed by atoms with van der Waals surface area (Å²) < 4.78 is 1.95. The predicted molar refractivity (Wildman–Crippen MR) is 169 cm³/mol. The third-order valence-corrected chi connectivity index (χ3v) is 9.86. The highest BCUT2D eigenvalue weighted by atomic mass is 79.9. The van der Waals surface area contributed by atoms with E-state index in [2.05, 4.69) is 20.9 Å². The Hall–Kier alpha value is -4.76. The Bertz CT molecular complexity index is 2160. The molecule has 1 fully saturated rings. The van der Waals surface area contributed by atoms with Crippen LogP contribution in [0.25, 0.3) is 21.7 Å². The van der Waals surface area contributed by atoms with Gasteiger partial charge in [0.05, 0.1) is 16.6 Å². The van der Waals surface area contributed by atoms with Crippen molar-refractivity contribution in [2.45, 2.75) is 37.5 Å². The lowest BCUT2D eigenvalue weighted by Gasteiger charge is -2.31. The third kappa shape index (κ3) is 3.68. The van der Waals surface area contributed by atoms with E-state index in [9.17, 15) is 24.0 Å². The van der Waals surface area contributed by atoms with Crippen LogP contribution in [0.2, 0.25) is 0 Å². The number of benzene rings is 4. The molecule has 1 saturated carbocycles. The van der Waals surface area contributed by atoms with E-state index < -0.39 is 29.3 Å². The quantitative estimate of drug-likeness (QED) is 0.164. The number of rotatable bonds is 3. The largest absolute Gasteiger partial charge is 0.298 e. The van der Waals surface area contributed by atoms with E-state index >= 15 is 0 Å². The van der Waals surface area contributed by atoms with Gasteiger partial charge in [0.25, 0.3) is 17.4 Å². The van der Waals surface area contributed by atoms with Crippen molar-refractivity contribution in [1.29, 1.82) is 0 Å². The molecule has 0 atom stereocenters. The van der Waals surface area contributed by atoms with Crippen LogP contribution in [0.1, 0.15) is 90.3 Å². The van der Waals surface area contributed by atoms with Crippen LogP contribution in [0.5, 0.6) is 0 Å². The van der Waals surface area contributed by atoms with E-state index in [-0.39, 0.29) is 33.6 Å². The van der Waals surface area contributed by atoms with Gasteiger partial charge in [-0.1, -0.05) is 40.9 Å². The highest BCUT2D eigenvalue weighted by molar-refractivity contribution is 9.10. The Morgan fingerprint density at radius 1 is 0.750 bits per heavy atom. The van der Waals surface area contributed by atoms with Crippen molar-refractivity contribution >= 4 is 66.7 Å². The van der Waals surface area contributed by atoms with Gasteiger partial charge in [-0.2, -0.15) is 0 Å². The van der Waals surface area contributed by atoms with Gasteiger partial charge in [0.2, 0.25) is 0 Å². The van der Waals surface area contributed by atoms with Crippen molar-refractivity contribution in [2.75, 3.05) is 4.90 Å². The van der Waals surface area contributed by atoms with Crippen LogP contribution in [0.15, 0.2) is 76.0 Å². The number of amides is 2. The zero-order valence-electron chi connectivity index (χ0n) is 23.6. The Kier molecular flexibility index (Phi) is 5.87. The minimum atomic E-state index is -1.35. The highest BCUT2D eigenvalue weighted by Crippen LogP contribution is 2.43. The maximum atomic E-state index is 14.0. The smallest absolute Gasteiger partial charge is 0.265 e. The number of halogens is 1. The van der Waals surface area contributed by atoms with Gasteiger partial charge in [-0.25, -0.2) is 9.88 Å². The molecule has 0 N–H and O–H groups in total. The summed E-state index contributed by atoms with van der Waals surface area (Å²) in [5.41, 5.74) is 2.56. The van der Waals surface area contributed by atoms with Crippen LogP contribution in [0.4, 0.5) is 5.69 Å².